The summed E-state index contributed by atoms with van der Waals surface area (Å²) < 4.78 is 42.2. The largest absolute Gasteiger partial charge is 0.241 e. The van der Waals surface area contributed by atoms with E-state index >= 15 is 0 Å². The first-order valence-electron chi connectivity index (χ1n) is 8.27. The van der Waals surface area contributed by atoms with E-state index < -0.39 is 21.9 Å². The van der Waals surface area contributed by atoms with Gasteiger partial charge in [0.25, 0.3) is 0 Å². The van der Waals surface area contributed by atoms with Crippen LogP contribution in [0.3, 0.4) is 0 Å². The zero-order valence-electron chi connectivity index (χ0n) is 14.6. The summed E-state index contributed by atoms with van der Waals surface area (Å²) in [4.78, 5) is 0.0471. The number of aryl methyl sites for hydroxylation is 2. The number of halogens is 1. The molecule has 0 aliphatic rings. The van der Waals surface area contributed by atoms with Crippen LogP contribution in [-0.2, 0) is 10.0 Å². The summed E-state index contributed by atoms with van der Waals surface area (Å²) >= 11 is 0. The molecule has 0 spiro atoms. The van der Waals surface area contributed by atoms with Crippen LogP contribution in [0.25, 0.3) is 0 Å². The van der Waals surface area contributed by atoms with E-state index in [0.717, 1.165) is 16.7 Å². The van der Waals surface area contributed by atoms with Gasteiger partial charge < -0.3 is 0 Å². The van der Waals surface area contributed by atoms with Gasteiger partial charge in [0.1, 0.15) is 5.82 Å². The second-order valence-electron chi connectivity index (χ2n) is 6.23. The Labute approximate surface area is 153 Å². The van der Waals surface area contributed by atoms with Crippen molar-refractivity contribution >= 4 is 10.0 Å². The van der Waals surface area contributed by atoms with E-state index in [-0.39, 0.29) is 4.90 Å². The van der Waals surface area contributed by atoms with Crippen LogP contribution in [0.4, 0.5) is 4.39 Å². The number of hydrogen-bond donors (Lipinski definition) is 1. The number of nitrogens with one attached hydrogen (secondary N) is 1. The van der Waals surface area contributed by atoms with Gasteiger partial charge in [-0.3, -0.25) is 0 Å². The van der Waals surface area contributed by atoms with Crippen molar-refractivity contribution in [3.63, 3.8) is 0 Å². The molecule has 1 N–H and O–H groups in total. The molecule has 0 aliphatic heterocycles. The minimum atomic E-state index is -3.83. The second-order valence-corrected chi connectivity index (χ2v) is 7.95. The van der Waals surface area contributed by atoms with Gasteiger partial charge in [-0.25, -0.2) is 12.8 Å². The van der Waals surface area contributed by atoms with E-state index in [9.17, 15) is 12.8 Å². The summed E-state index contributed by atoms with van der Waals surface area (Å²) in [5.74, 6) is -0.428. The monoisotopic (exact) mass is 369 g/mol. The molecule has 0 saturated carbocycles. The predicted molar refractivity (Wildman–Crippen MR) is 101 cm³/mol. The standard InChI is InChI=1S/C21H20FNO2S/c1-15-8-6-7-11-19(15)21(17-9-4-3-5-10-17)23-26(24,25)18-12-13-20(22)16(2)14-18/h3-14,21,23H,1-2H3. The Morgan fingerprint density at radius 3 is 2.15 bits per heavy atom. The Kier molecular flexibility index (Phi) is 5.20. The average Bonchev–Trinajstić information content (AvgIpc) is 2.63. The van der Waals surface area contributed by atoms with Gasteiger partial charge in [0.15, 0.2) is 0 Å². The smallest absolute Gasteiger partial charge is 0.207 e. The number of rotatable bonds is 5. The Hall–Kier alpha value is -2.50. The molecular formula is C21H20FNO2S. The summed E-state index contributed by atoms with van der Waals surface area (Å²) in [5.41, 5.74) is 2.99. The van der Waals surface area contributed by atoms with Crippen LogP contribution in [0.2, 0.25) is 0 Å². The van der Waals surface area contributed by atoms with E-state index in [1.165, 1.54) is 18.2 Å². The Morgan fingerprint density at radius 1 is 0.846 bits per heavy atom. The molecule has 0 aliphatic carbocycles. The van der Waals surface area contributed by atoms with Gasteiger partial charge >= 0.3 is 0 Å². The van der Waals surface area contributed by atoms with Crippen LogP contribution in [0, 0.1) is 19.7 Å². The van der Waals surface area contributed by atoms with Crippen molar-refractivity contribution < 1.29 is 12.8 Å². The first-order valence-corrected chi connectivity index (χ1v) is 9.76. The molecule has 5 heteroatoms. The zero-order valence-corrected chi connectivity index (χ0v) is 15.4. The van der Waals surface area contributed by atoms with Crippen molar-refractivity contribution in [3.8, 4) is 0 Å². The summed E-state index contributed by atoms with van der Waals surface area (Å²) in [7, 11) is -3.83. The number of hydrogen-bond acceptors (Lipinski definition) is 2. The molecule has 0 fully saturated rings. The zero-order chi connectivity index (χ0) is 18.7. The summed E-state index contributed by atoms with van der Waals surface area (Å²) in [6.07, 6.45) is 0. The molecule has 3 aromatic rings. The van der Waals surface area contributed by atoms with Crippen molar-refractivity contribution in [2.75, 3.05) is 0 Å². The molecule has 0 saturated heterocycles. The van der Waals surface area contributed by atoms with Crippen LogP contribution >= 0.6 is 0 Å². The van der Waals surface area contributed by atoms with E-state index in [1.54, 1.807) is 6.92 Å². The van der Waals surface area contributed by atoms with Gasteiger partial charge in [0.05, 0.1) is 10.9 Å². The SMILES string of the molecule is Cc1cc(S(=O)(=O)NC(c2ccccc2)c2ccccc2C)ccc1F. The van der Waals surface area contributed by atoms with E-state index in [2.05, 4.69) is 4.72 Å². The van der Waals surface area contributed by atoms with Crippen molar-refractivity contribution in [1.82, 2.24) is 4.72 Å². The summed E-state index contributed by atoms with van der Waals surface area (Å²) in [6, 6.07) is 20.3. The molecule has 3 aromatic carbocycles. The lowest BCUT2D eigenvalue weighted by Crippen LogP contribution is -2.30. The van der Waals surface area contributed by atoms with Gasteiger partial charge in [0, 0.05) is 0 Å². The molecular weight excluding hydrogens is 349 g/mol. The lowest BCUT2D eigenvalue weighted by atomic mass is 9.96. The topological polar surface area (TPSA) is 46.2 Å². The fourth-order valence-corrected chi connectivity index (χ4v) is 4.16. The molecule has 134 valence electrons. The molecule has 0 aromatic heterocycles. The molecule has 0 heterocycles. The Balaban J connectivity index is 2.06. The average molecular weight is 369 g/mol. The lowest BCUT2D eigenvalue weighted by molar-refractivity contribution is 0.570. The van der Waals surface area contributed by atoms with Gasteiger partial charge in [-0.15, -0.1) is 0 Å². The maximum Gasteiger partial charge on any atom is 0.241 e. The van der Waals surface area contributed by atoms with Crippen LogP contribution < -0.4 is 4.72 Å². The van der Waals surface area contributed by atoms with Crippen LogP contribution in [0.5, 0.6) is 0 Å². The number of sulfonamides is 1. The van der Waals surface area contributed by atoms with Gasteiger partial charge in [0.2, 0.25) is 10.0 Å². The maximum absolute atomic E-state index is 13.5. The highest BCUT2D eigenvalue weighted by Gasteiger charge is 2.24. The summed E-state index contributed by atoms with van der Waals surface area (Å²) in [6.45, 7) is 3.49. The van der Waals surface area contributed by atoms with Crippen molar-refractivity contribution in [1.29, 1.82) is 0 Å². The fourth-order valence-electron chi connectivity index (χ4n) is 2.87. The lowest BCUT2D eigenvalue weighted by Gasteiger charge is -2.22. The van der Waals surface area contributed by atoms with Crippen molar-refractivity contribution in [2.24, 2.45) is 0 Å². The third-order valence-corrected chi connectivity index (χ3v) is 5.77. The predicted octanol–water partition coefficient (Wildman–Crippen LogP) is 4.51. The molecule has 3 nitrogen and oxygen atoms in total. The highest BCUT2D eigenvalue weighted by atomic mass is 32.2. The normalized spacial score (nSPS) is 12.7. The van der Waals surface area contributed by atoms with Crippen LogP contribution in [0.15, 0.2) is 77.7 Å². The minimum absolute atomic E-state index is 0.0471. The van der Waals surface area contributed by atoms with Gasteiger partial charge in [-0.05, 0) is 54.3 Å². The van der Waals surface area contributed by atoms with Crippen LogP contribution in [-0.4, -0.2) is 8.42 Å². The fraction of sp³-hybridized carbons (Fsp3) is 0.143. The van der Waals surface area contributed by atoms with Gasteiger partial charge in [-0.2, -0.15) is 4.72 Å². The number of benzene rings is 3. The van der Waals surface area contributed by atoms with Crippen LogP contribution in [0.1, 0.15) is 28.3 Å². The molecule has 1 atom stereocenters. The molecule has 3 rings (SSSR count). The third kappa shape index (κ3) is 3.84. The second kappa shape index (κ2) is 7.40. The molecule has 1 unspecified atom stereocenters. The first kappa shape index (κ1) is 18.3. The van der Waals surface area contributed by atoms with E-state index in [0.29, 0.717) is 5.56 Å². The maximum atomic E-state index is 13.5. The third-order valence-electron chi connectivity index (χ3n) is 4.35. The molecule has 0 radical (unpaired) electrons. The van der Waals surface area contributed by atoms with Crippen molar-refractivity contribution in [2.45, 2.75) is 24.8 Å². The highest BCUT2D eigenvalue weighted by molar-refractivity contribution is 7.89. The first-order chi connectivity index (χ1) is 12.4. The van der Waals surface area contributed by atoms with E-state index in [4.69, 9.17) is 0 Å². The summed E-state index contributed by atoms with van der Waals surface area (Å²) in [5, 5.41) is 0. The van der Waals surface area contributed by atoms with Gasteiger partial charge in [-0.1, -0.05) is 54.6 Å². The molecule has 0 amide bonds. The quantitative estimate of drug-likeness (QED) is 0.719. The Morgan fingerprint density at radius 2 is 1.50 bits per heavy atom. The highest BCUT2D eigenvalue weighted by Crippen LogP contribution is 2.27. The Bertz CT molecular complexity index is 1020. The van der Waals surface area contributed by atoms with Crippen molar-refractivity contribution in [3.05, 3.63) is 101 Å². The molecule has 0 bridgehead atoms. The molecule has 26 heavy (non-hydrogen) atoms. The van der Waals surface area contributed by atoms with E-state index in [1.807, 2.05) is 61.5 Å². The minimum Gasteiger partial charge on any atom is -0.207 e.